The summed E-state index contributed by atoms with van der Waals surface area (Å²) in [5.74, 6) is 2.84. The minimum Gasteiger partial charge on any atom is -0.318 e. The molecule has 3 aromatic heterocycles. The molecule has 12 aromatic rings. The third-order valence-electron chi connectivity index (χ3n) is 15.2. The van der Waals surface area contributed by atoms with Gasteiger partial charge in [-0.1, -0.05) is 212 Å². The maximum Gasteiger partial charge on any atom is 0.160 e. The number of anilines is 2. The number of hydrogen-bond acceptors (Lipinski definition) is 4. The van der Waals surface area contributed by atoms with Gasteiger partial charge in [0.2, 0.25) is 0 Å². The maximum atomic E-state index is 5.87. The second-order valence-corrected chi connectivity index (χ2v) is 19.5. The molecule has 14 rings (SSSR count). The molecule has 3 unspecified atom stereocenters. The highest BCUT2D eigenvalue weighted by Gasteiger charge is 2.42. The summed E-state index contributed by atoms with van der Waals surface area (Å²) in [6.45, 7) is 0. The van der Waals surface area contributed by atoms with Crippen molar-refractivity contribution in [3.8, 4) is 73.1 Å². The van der Waals surface area contributed by atoms with Crippen molar-refractivity contribution in [3.05, 3.63) is 278 Å². The first-order valence-electron chi connectivity index (χ1n) is 25.6. The van der Waals surface area contributed by atoms with Crippen LogP contribution in [0.1, 0.15) is 29.4 Å². The summed E-state index contributed by atoms with van der Waals surface area (Å²) in [6, 6.07) is 91.3. The number of benzene rings is 9. The van der Waals surface area contributed by atoms with Crippen LogP contribution in [0.15, 0.2) is 267 Å². The second-order valence-electron chi connectivity index (χ2n) is 19.5. The molecule has 0 fully saturated rings. The van der Waals surface area contributed by atoms with E-state index in [0.717, 1.165) is 67.9 Å². The van der Waals surface area contributed by atoms with Gasteiger partial charge in [0.15, 0.2) is 5.82 Å². The van der Waals surface area contributed by atoms with Crippen LogP contribution in [0.25, 0.3) is 94.9 Å². The first kappa shape index (κ1) is 43.3. The van der Waals surface area contributed by atoms with Gasteiger partial charge in [-0.25, -0.2) is 15.0 Å². The van der Waals surface area contributed by atoms with Crippen molar-refractivity contribution in [3.63, 3.8) is 0 Å². The Kier molecular flexibility index (Phi) is 10.7. The average molecular weight is 948 g/mol. The molecule has 0 spiro atoms. The van der Waals surface area contributed by atoms with Gasteiger partial charge in [0.1, 0.15) is 11.6 Å². The van der Waals surface area contributed by atoms with Gasteiger partial charge in [0.25, 0.3) is 0 Å². The van der Waals surface area contributed by atoms with Crippen LogP contribution in [0.3, 0.4) is 0 Å². The van der Waals surface area contributed by atoms with E-state index < -0.39 is 0 Å². The van der Waals surface area contributed by atoms with Crippen LogP contribution in [-0.4, -0.2) is 25.6 Å². The molecule has 0 radical (unpaired) electrons. The van der Waals surface area contributed by atoms with Gasteiger partial charge in [-0.15, -0.1) is 0 Å². The van der Waals surface area contributed by atoms with Gasteiger partial charge < -0.3 is 4.90 Å². The van der Waals surface area contributed by atoms with Gasteiger partial charge in [-0.3, -0.25) is 4.57 Å². The number of fused-ring (bicyclic) bond motifs is 6. The van der Waals surface area contributed by atoms with Crippen molar-refractivity contribution in [1.29, 1.82) is 0 Å². The normalized spacial score (nSPS) is 15.8. The molecule has 4 heterocycles. The summed E-state index contributed by atoms with van der Waals surface area (Å²) >= 11 is 0. The van der Waals surface area contributed by atoms with E-state index in [1.165, 1.54) is 50.2 Å². The molecule has 350 valence electrons. The van der Waals surface area contributed by atoms with Crippen LogP contribution in [0.2, 0.25) is 0 Å². The van der Waals surface area contributed by atoms with Crippen molar-refractivity contribution in [2.45, 2.75) is 24.3 Å². The average Bonchev–Trinajstić information content (AvgIpc) is 3.99. The molecule has 0 N–H and O–H groups in total. The monoisotopic (exact) mass is 947 g/mol. The topological polar surface area (TPSA) is 46.8 Å². The fourth-order valence-corrected chi connectivity index (χ4v) is 11.6. The van der Waals surface area contributed by atoms with E-state index in [0.29, 0.717) is 5.82 Å². The van der Waals surface area contributed by atoms with Crippen LogP contribution in [0, 0.1) is 0 Å². The number of pyridine rings is 1. The molecular formula is C69H49N5. The zero-order valence-corrected chi connectivity index (χ0v) is 40.6. The molecule has 0 bridgehead atoms. The third kappa shape index (κ3) is 7.78. The Labute approximate surface area is 431 Å². The summed E-state index contributed by atoms with van der Waals surface area (Å²) in [4.78, 5) is 19.0. The zero-order chi connectivity index (χ0) is 49.0. The Hall–Kier alpha value is -9.45. The Balaban J connectivity index is 1.03. The predicted molar refractivity (Wildman–Crippen MR) is 305 cm³/mol. The van der Waals surface area contributed by atoms with Gasteiger partial charge in [-0.2, -0.15) is 0 Å². The lowest BCUT2D eigenvalue weighted by Gasteiger charge is -2.33. The summed E-state index contributed by atoms with van der Waals surface area (Å²) in [5.41, 5.74) is 17.7. The van der Waals surface area contributed by atoms with Gasteiger partial charge in [-0.05, 0) is 106 Å². The van der Waals surface area contributed by atoms with E-state index in [2.05, 4.69) is 264 Å². The molecule has 74 heavy (non-hydrogen) atoms. The lowest BCUT2D eigenvalue weighted by Crippen LogP contribution is -2.32. The summed E-state index contributed by atoms with van der Waals surface area (Å²) < 4.78 is 2.37. The van der Waals surface area contributed by atoms with Crippen LogP contribution in [0.4, 0.5) is 11.5 Å². The minimum absolute atomic E-state index is 0.0248. The van der Waals surface area contributed by atoms with Crippen LogP contribution in [0.5, 0.6) is 0 Å². The van der Waals surface area contributed by atoms with E-state index in [4.69, 9.17) is 15.0 Å². The highest BCUT2D eigenvalue weighted by atomic mass is 15.3. The SMILES string of the molecule is C1=CC2C(CC1c1ccccc1)c1cc(-c3ccccc3)ccc1N2c1cc(-c2cc(-c3ccccc3)nc(-c3ccccc3)n2)cc(-n2c3ccc(-c4ccccc4)cc3c3cc(-c4ccccc4)ccc32)n1. The Morgan fingerprint density at radius 3 is 1.39 bits per heavy atom. The number of nitrogens with zero attached hydrogens (tertiary/aromatic N) is 5. The molecule has 0 amide bonds. The molecule has 0 saturated carbocycles. The maximum absolute atomic E-state index is 5.87. The van der Waals surface area contributed by atoms with E-state index in [9.17, 15) is 0 Å². The van der Waals surface area contributed by atoms with E-state index >= 15 is 0 Å². The second kappa shape index (κ2) is 18.3. The highest BCUT2D eigenvalue weighted by molar-refractivity contribution is 6.11. The van der Waals surface area contributed by atoms with Gasteiger partial charge in [0, 0.05) is 45.0 Å². The lowest BCUT2D eigenvalue weighted by molar-refractivity contribution is 0.531. The summed E-state index contributed by atoms with van der Waals surface area (Å²) in [7, 11) is 0. The lowest BCUT2D eigenvalue weighted by atomic mass is 9.78. The molecule has 5 nitrogen and oxygen atoms in total. The molecule has 5 heteroatoms. The van der Waals surface area contributed by atoms with E-state index in [1.807, 2.05) is 12.1 Å². The molecule has 9 aromatic carbocycles. The fraction of sp³-hybridized carbons (Fsp3) is 0.0580. The van der Waals surface area contributed by atoms with Crippen molar-refractivity contribution >= 4 is 33.3 Å². The molecule has 3 atom stereocenters. The van der Waals surface area contributed by atoms with Crippen LogP contribution >= 0.6 is 0 Å². The largest absolute Gasteiger partial charge is 0.318 e. The highest BCUT2D eigenvalue weighted by Crippen LogP contribution is 2.53. The zero-order valence-electron chi connectivity index (χ0n) is 40.6. The van der Waals surface area contributed by atoms with Crippen molar-refractivity contribution in [1.82, 2.24) is 19.5 Å². The van der Waals surface area contributed by atoms with E-state index in [-0.39, 0.29) is 17.9 Å². The first-order valence-corrected chi connectivity index (χ1v) is 25.6. The summed E-state index contributed by atoms with van der Waals surface area (Å²) in [5, 5.41) is 2.32. The number of allylic oxidation sites excluding steroid dienone is 1. The molecule has 2 aliphatic rings. The predicted octanol–water partition coefficient (Wildman–Crippen LogP) is 17.3. The Morgan fingerprint density at radius 1 is 0.351 bits per heavy atom. The molecule has 1 aliphatic heterocycles. The third-order valence-corrected chi connectivity index (χ3v) is 15.2. The van der Waals surface area contributed by atoms with Crippen LogP contribution in [-0.2, 0) is 0 Å². The van der Waals surface area contributed by atoms with Gasteiger partial charge in [0.05, 0.1) is 28.5 Å². The van der Waals surface area contributed by atoms with Crippen molar-refractivity contribution in [2.24, 2.45) is 0 Å². The minimum atomic E-state index is 0.0248. The number of hydrogen-bond donors (Lipinski definition) is 0. The molecular weight excluding hydrogens is 899 g/mol. The van der Waals surface area contributed by atoms with Crippen molar-refractivity contribution < 1.29 is 0 Å². The summed E-state index contributed by atoms with van der Waals surface area (Å²) in [6.07, 6.45) is 5.86. The van der Waals surface area contributed by atoms with Crippen molar-refractivity contribution in [2.75, 3.05) is 4.90 Å². The van der Waals surface area contributed by atoms with Gasteiger partial charge >= 0.3 is 0 Å². The number of rotatable bonds is 9. The standard InChI is InChI=1S/C69H49N5/c1-7-19-46(20-8-1)52-31-35-63-57(39-52)58-40-53(47-21-9-2-10-22-47)32-36-64(58)73(63)67-43-56(62-45-61(50-27-15-5-16-28-50)70-69(71-62)51-29-17-6-18-30-51)44-68(72-67)74-65-37-33-54(48-23-11-3-12-24-48)41-59(65)60-42-55(34-38-66(60)74)49-25-13-4-14-26-49/h1-41,43-45,55,60,66H,42H2. The van der Waals surface area contributed by atoms with Crippen LogP contribution < -0.4 is 4.90 Å². The number of aromatic nitrogens is 4. The quantitative estimate of drug-likeness (QED) is 0.135. The smallest absolute Gasteiger partial charge is 0.160 e. The molecule has 0 saturated heterocycles. The van der Waals surface area contributed by atoms with E-state index in [1.54, 1.807) is 0 Å². The molecule has 1 aliphatic carbocycles. The Morgan fingerprint density at radius 2 is 0.824 bits per heavy atom. The Bertz CT molecular complexity index is 3890. The fourth-order valence-electron chi connectivity index (χ4n) is 11.6. The first-order chi connectivity index (χ1) is 36.7.